The Morgan fingerprint density at radius 2 is 2.00 bits per heavy atom. The molecule has 0 aliphatic carbocycles. The average Bonchev–Trinajstić information content (AvgIpc) is 2.09. The second-order valence-corrected chi connectivity index (χ2v) is 3.51. The van der Waals surface area contributed by atoms with E-state index in [1.807, 2.05) is 14.0 Å². The normalized spacial score (nSPS) is 10.5. The molecule has 0 saturated carbocycles. The predicted octanol–water partition coefficient (Wildman–Crippen LogP) is 2.82. The average molecular weight is 202 g/mol. The van der Waals surface area contributed by atoms with Gasteiger partial charge in [0.25, 0.3) is 0 Å². The van der Waals surface area contributed by atoms with E-state index in [4.69, 9.17) is 11.6 Å². The molecule has 0 bridgehead atoms. The Kier molecular flexibility index (Phi) is 3.28. The highest BCUT2D eigenvalue weighted by molar-refractivity contribution is 6.31. The van der Waals surface area contributed by atoms with Crippen molar-refractivity contribution in [3.63, 3.8) is 0 Å². The van der Waals surface area contributed by atoms with Crippen LogP contribution >= 0.6 is 11.6 Å². The van der Waals surface area contributed by atoms with Crippen LogP contribution in [0.15, 0.2) is 6.07 Å². The fraction of sp³-hybridized carbons (Fsp3) is 0.400. The van der Waals surface area contributed by atoms with Gasteiger partial charge >= 0.3 is 0 Å². The van der Waals surface area contributed by atoms with Crippen molar-refractivity contribution in [2.75, 3.05) is 7.05 Å². The topological polar surface area (TPSA) is 12.0 Å². The van der Waals surface area contributed by atoms with Crippen LogP contribution < -0.4 is 5.32 Å². The fourth-order valence-corrected chi connectivity index (χ4v) is 1.55. The van der Waals surface area contributed by atoms with Gasteiger partial charge in [0, 0.05) is 11.6 Å². The molecule has 0 aliphatic heterocycles. The van der Waals surface area contributed by atoms with E-state index >= 15 is 0 Å². The van der Waals surface area contributed by atoms with Crippen molar-refractivity contribution in [2.45, 2.75) is 20.4 Å². The van der Waals surface area contributed by atoms with Crippen molar-refractivity contribution >= 4 is 11.6 Å². The molecule has 0 aliphatic rings. The van der Waals surface area contributed by atoms with Crippen LogP contribution in [0, 0.1) is 19.7 Å². The lowest BCUT2D eigenvalue weighted by Crippen LogP contribution is -2.09. The highest BCUT2D eigenvalue weighted by atomic mass is 35.5. The van der Waals surface area contributed by atoms with Crippen LogP contribution in [0.4, 0.5) is 4.39 Å². The van der Waals surface area contributed by atoms with Crippen molar-refractivity contribution in [3.05, 3.63) is 33.6 Å². The maximum absolute atomic E-state index is 13.2. The zero-order valence-corrected chi connectivity index (χ0v) is 8.80. The summed E-state index contributed by atoms with van der Waals surface area (Å²) < 4.78 is 13.2. The van der Waals surface area contributed by atoms with Crippen LogP contribution in [-0.2, 0) is 6.54 Å². The van der Waals surface area contributed by atoms with Gasteiger partial charge in [-0.1, -0.05) is 11.6 Å². The number of benzene rings is 1. The van der Waals surface area contributed by atoms with Crippen LogP contribution in [0.3, 0.4) is 0 Å². The molecule has 0 atom stereocenters. The molecule has 0 amide bonds. The van der Waals surface area contributed by atoms with Crippen LogP contribution in [-0.4, -0.2) is 7.05 Å². The first-order chi connectivity index (χ1) is 6.07. The van der Waals surface area contributed by atoms with Crippen LogP contribution in [0.2, 0.25) is 5.02 Å². The Morgan fingerprint density at radius 3 is 2.54 bits per heavy atom. The Hall–Kier alpha value is -0.600. The summed E-state index contributed by atoms with van der Waals surface area (Å²) in [4.78, 5) is 0. The van der Waals surface area contributed by atoms with Gasteiger partial charge in [-0.05, 0) is 43.7 Å². The molecule has 0 heterocycles. The molecule has 0 unspecified atom stereocenters. The minimum absolute atomic E-state index is 0.235. The Balaban J connectivity index is 3.28. The Labute approximate surface area is 82.9 Å². The minimum Gasteiger partial charge on any atom is -0.316 e. The zero-order chi connectivity index (χ0) is 10.0. The van der Waals surface area contributed by atoms with Gasteiger partial charge in [-0.15, -0.1) is 0 Å². The van der Waals surface area contributed by atoms with E-state index in [1.54, 1.807) is 6.92 Å². The van der Waals surface area contributed by atoms with E-state index in [9.17, 15) is 4.39 Å². The van der Waals surface area contributed by atoms with Crippen molar-refractivity contribution in [3.8, 4) is 0 Å². The quantitative estimate of drug-likeness (QED) is 0.776. The highest BCUT2D eigenvalue weighted by Crippen LogP contribution is 2.24. The maximum atomic E-state index is 13.2. The van der Waals surface area contributed by atoms with Gasteiger partial charge in [0.15, 0.2) is 0 Å². The van der Waals surface area contributed by atoms with Crippen molar-refractivity contribution < 1.29 is 4.39 Å². The molecule has 1 aromatic carbocycles. The molecular weight excluding hydrogens is 189 g/mol. The van der Waals surface area contributed by atoms with Crippen molar-refractivity contribution in [1.29, 1.82) is 0 Å². The molecule has 0 radical (unpaired) electrons. The molecule has 1 aromatic rings. The lowest BCUT2D eigenvalue weighted by Gasteiger charge is -2.11. The summed E-state index contributed by atoms with van der Waals surface area (Å²) in [6, 6.07) is 1.37. The van der Waals surface area contributed by atoms with Gasteiger partial charge in [0.05, 0.1) is 0 Å². The number of nitrogens with one attached hydrogen (secondary N) is 1. The summed E-state index contributed by atoms with van der Waals surface area (Å²) in [5.74, 6) is -0.235. The van der Waals surface area contributed by atoms with Crippen molar-refractivity contribution in [1.82, 2.24) is 5.32 Å². The summed E-state index contributed by atoms with van der Waals surface area (Å²) in [5.41, 5.74) is 2.58. The molecular formula is C10H13ClFN. The molecule has 13 heavy (non-hydrogen) atoms. The Bertz CT molecular complexity index is 297. The van der Waals surface area contributed by atoms with E-state index in [2.05, 4.69) is 5.32 Å². The third-order valence-corrected chi connectivity index (χ3v) is 2.62. The zero-order valence-electron chi connectivity index (χ0n) is 8.04. The molecule has 0 saturated heterocycles. The standard InChI is InChI=1S/C10H13ClFN/c1-6-8(5-13-3)7(2)10(12)4-9(6)11/h4,13H,5H2,1-3H3. The van der Waals surface area contributed by atoms with Gasteiger partial charge in [-0.2, -0.15) is 0 Å². The van der Waals surface area contributed by atoms with Crippen LogP contribution in [0.25, 0.3) is 0 Å². The monoisotopic (exact) mass is 201 g/mol. The number of halogens is 2. The van der Waals surface area contributed by atoms with Crippen molar-refractivity contribution in [2.24, 2.45) is 0 Å². The Morgan fingerprint density at radius 1 is 1.38 bits per heavy atom. The van der Waals surface area contributed by atoms with Gasteiger partial charge < -0.3 is 5.32 Å². The number of hydrogen-bond donors (Lipinski definition) is 1. The van der Waals surface area contributed by atoms with Crippen LogP contribution in [0.5, 0.6) is 0 Å². The third-order valence-electron chi connectivity index (χ3n) is 2.23. The molecule has 0 fully saturated rings. The van der Waals surface area contributed by atoms with Gasteiger partial charge in [0.2, 0.25) is 0 Å². The first-order valence-corrected chi connectivity index (χ1v) is 4.54. The summed E-state index contributed by atoms with van der Waals surface area (Å²) in [7, 11) is 1.83. The van der Waals surface area contributed by atoms with Gasteiger partial charge in [0.1, 0.15) is 5.82 Å². The lowest BCUT2D eigenvalue weighted by atomic mass is 10.0. The first kappa shape index (κ1) is 10.5. The molecule has 72 valence electrons. The SMILES string of the molecule is CNCc1c(C)c(F)cc(Cl)c1C. The molecule has 3 heteroatoms. The van der Waals surface area contributed by atoms with E-state index in [1.165, 1.54) is 6.07 Å². The lowest BCUT2D eigenvalue weighted by molar-refractivity contribution is 0.612. The van der Waals surface area contributed by atoms with E-state index in [0.717, 1.165) is 11.1 Å². The molecule has 1 nitrogen and oxygen atoms in total. The molecule has 0 spiro atoms. The first-order valence-electron chi connectivity index (χ1n) is 4.16. The highest BCUT2D eigenvalue weighted by Gasteiger charge is 2.10. The predicted molar refractivity (Wildman–Crippen MR) is 53.6 cm³/mol. The van der Waals surface area contributed by atoms with Gasteiger partial charge in [-0.25, -0.2) is 4.39 Å². The second-order valence-electron chi connectivity index (χ2n) is 3.10. The van der Waals surface area contributed by atoms with E-state index in [0.29, 0.717) is 17.1 Å². The molecule has 0 aromatic heterocycles. The number of rotatable bonds is 2. The summed E-state index contributed by atoms with van der Waals surface area (Å²) in [6.07, 6.45) is 0. The second kappa shape index (κ2) is 4.07. The number of hydrogen-bond acceptors (Lipinski definition) is 1. The third kappa shape index (κ3) is 2.01. The molecule has 1 rings (SSSR count). The smallest absolute Gasteiger partial charge is 0.127 e. The van der Waals surface area contributed by atoms with E-state index in [-0.39, 0.29) is 5.82 Å². The van der Waals surface area contributed by atoms with Gasteiger partial charge in [-0.3, -0.25) is 0 Å². The fourth-order valence-electron chi connectivity index (χ4n) is 1.34. The summed E-state index contributed by atoms with van der Waals surface area (Å²) in [5, 5.41) is 3.49. The summed E-state index contributed by atoms with van der Waals surface area (Å²) in [6.45, 7) is 4.32. The largest absolute Gasteiger partial charge is 0.316 e. The minimum atomic E-state index is -0.235. The van der Waals surface area contributed by atoms with Crippen LogP contribution in [0.1, 0.15) is 16.7 Å². The molecule has 1 N–H and O–H groups in total. The summed E-state index contributed by atoms with van der Waals surface area (Å²) >= 11 is 5.86. The van der Waals surface area contributed by atoms with E-state index < -0.39 is 0 Å². The maximum Gasteiger partial charge on any atom is 0.127 e.